The van der Waals surface area contributed by atoms with Gasteiger partial charge in [0, 0.05) is 57.1 Å². The van der Waals surface area contributed by atoms with E-state index in [0.29, 0.717) is 39.4 Å². The van der Waals surface area contributed by atoms with Crippen molar-refractivity contribution in [2.45, 2.75) is 13.0 Å². The first-order valence-corrected chi connectivity index (χ1v) is 11.8. The third-order valence-corrected chi connectivity index (χ3v) is 6.46. The molecule has 0 saturated carbocycles. The van der Waals surface area contributed by atoms with Crippen LogP contribution in [-0.4, -0.2) is 92.1 Å². The van der Waals surface area contributed by atoms with Crippen molar-refractivity contribution in [1.82, 2.24) is 20.0 Å². The first-order chi connectivity index (χ1) is 15.3. The monoisotopic (exact) mass is 573 g/mol. The maximum absolute atomic E-state index is 12.5. The van der Waals surface area contributed by atoms with E-state index in [1.54, 1.807) is 17.6 Å². The zero-order chi connectivity index (χ0) is 21.3. The quantitative estimate of drug-likeness (QED) is 0.311. The molecule has 2 fully saturated rings. The number of thiophene rings is 1. The van der Waals surface area contributed by atoms with Crippen molar-refractivity contribution in [2.24, 2.45) is 4.99 Å². The fourth-order valence-electron chi connectivity index (χ4n) is 3.80. The zero-order valence-corrected chi connectivity index (χ0v) is 21.4. The number of amides is 1. The van der Waals surface area contributed by atoms with Gasteiger partial charge in [-0.3, -0.25) is 9.69 Å². The van der Waals surface area contributed by atoms with Gasteiger partial charge < -0.3 is 24.3 Å². The molecule has 1 N–H and O–H groups in total. The van der Waals surface area contributed by atoms with Crippen LogP contribution < -0.4 is 5.32 Å². The number of nitrogens with one attached hydrogen (secondary N) is 1. The molecule has 10 heteroatoms. The standard InChI is InChI=1S/C22H31N5O3S.HI/c28-21(26-11-14-29-15-12-26)18-25-7-9-27(10-8-25)22(24-17-20-4-2-16-31-20)23-6-5-19-3-1-13-30-19;/h1-4,13,16H,5-12,14-15,17-18H2,(H,23,24);1H. The fourth-order valence-corrected chi connectivity index (χ4v) is 4.43. The third kappa shape index (κ3) is 7.46. The Balaban J connectivity index is 0.00000289. The number of halogens is 1. The van der Waals surface area contributed by atoms with Crippen LogP contribution in [0, 0.1) is 0 Å². The summed E-state index contributed by atoms with van der Waals surface area (Å²) >= 11 is 1.73. The second-order valence-corrected chi connectivity index (χ2v) is 8.76. The van der Waals surface area contributed by atoms with Crippen molar-refractivity contribution in [3.63, 3.8) is 0 Å². The number of ether oxygens (including phenoxy) is 1. The lowest BCUT2D eigenvalue weighted by molar-refractivity contribution is -0.136. The topological polar surface area (TPSA) is 73.6 Å². The lowest BCUT2D eigenvalue weighted by atomic mass is 10.3. The van der Waals surface area contributed by atoms with Crippen LogP contribution in [0.25, 0.3) is 0 Å². The summed E-state index contributed by atoms with van der Waals surface area (Å²) in [6, 6.07) is 8.08. The van der Waals surface area contributed by atoms with Crippen LogP contribution in [0.15, 0.2) is 45.3 Å². The van der Waals surface area contributed by atoms with Gasteiger partial charge in [-0.25, -0.2) is 4.99 Å². The van der Waals surface area contributed by atoms with Gasteiger partial charge in [-0.15, -0.1) is 35.3 Å². The van der Waals surface area contributed by atoms with Gasteiger partial charge in [-0.05, 0) is 23.6 Å². The van der Waals surface area contributed by atoms with Crippen molar-refractivity contribution < 1.29 is 13.9 Å². The zero-order valence-electron chi connectivity index (χ0n) is 18.3. The van der Waals surface area contributed by atoms with E-state index < -0.39 is 0 Å². The molecule has 0 radical (unpaired) electrons. The molecule has 2 aromatic heterocycles. The molecule has 2 saturated heterocycles. The van der Waals surface area contributed by atoms with Crippen LogP contribution in [0.4, 0.5) is 0 Å². The van der Waals surface area contributed by atoms with Gasteiger partial charge in [0.15, 0.2) is 5.96 Å². The van der Waals surface area contributed by atoms with Crippen molar-refractivity contribution in [3.8, 4) is 0 Å². The van der Waals surface area contributed by atoms with E-state index >= 15 is 0 Å². The van der Waals surface area contributed by atoms with E-state index in [-0.39, 0.29) is 29.9 Å². The van der Waals surface area contributed by atoms with Gasteiger partial charge in [0.25, 0.3) is 0 Å². The number of guanidine groups is 1. The van der Waals surface area contributed by atoms with E-state index in [2.05, 4.69) is 32.6 Å². The fraction of sp³-hybridized carbons (Fsp3) is 0.545. The Labute approximate surface area is 210 Å². The number of hydrogen-bond acceptors (Lipinski definition) is 6. The summed E-state index contributed by atoms with van der Waals surface area (Å²) in [5.74, 6) is 2.11. The van der Waals surface area contributed by atoms with E-state index in [4.69, 9.17) is 14.1 Å². The Kier molecular flexibility index (Phi) is 10.3. The molecule has 0 atom stereocenters. The first kappa shape index (κ1) is 25.0. The average Bonchev–Trinajstić information content (AvgIpc) is 3.52. The number of aliphatic imine (C=N–C) groups is 1. The summed E-state index contributed by atoms with van der Waals surface area (Å²) in [5.41, 5.74) is 0. The molecular weight excluding hydrogens is 541 g/mol. The highest BCUT2D eigenvalue weighted by atomic mass is 127. The minimum Gasteiger partial charge on any atom is -0.469 e. The molecule has 4 rings (SSSR count). The van der Waals surface area contributed by atoms with E-state index in [0.717, 1.165) is 50.9 Å². The Morgan fingerprint density at radius 1 is 1.06 bits per heavy atom. The minimum atomic E-state index is 0. The number of piperazine rings is 1. The molecule has 176 valence electrons. The van der Waals surface area contributed by atoms with Crippen LogP contribution in [0.5, 0.6) is 0 Å². The number of furan rings is 1. The molecule has 2 aliphatic rings. The summed E-state index contributed by atoms with van der Waals surface area (Å²) in [4.78, 5) is 25.1. The maximum Gasteiger partial charge on any atom is 0.236 e. The molecule has 0 spiro atoms. The highest BCUT2D eigenvalue weighted by Gasteiger charge is 2.24. The van der Waals surface area contributed by atoms with Gasteiger partial charge in [0.1, 0.15) is 5.76 Å². The second-order valence-electron chi connectivity index (χ2n) is 7.73. The van der Waals surface area contributed by atoms with Crippen molar-refractivity contribution >= 4 is 47.2 Å². The maximum atomic E-state index is 12.5. The molecule has 2 aromatic rings. The highest BCUT2D eigenvalue weighted by molar-refractivity contribution is 14.0. The third-order valence-electron chi connectivity index (χ3n) is 5.59. The summed E-state index contributed by atoms with van der Waals surface area (Å²) < 4.78 is 10.8. The Morgan fingerprint density at radius 2 is 1.88 bits per heavy atom. The molecule has 4 heterocycles. The van der Waals surface area contributed by atoms with Crippen LogP contribution in [0.2, 0.25) is 0 Å². The van der Waals surface area contributed by atoms with E-state index in [1.165, 1.54) is 4.88 Å². The molecule has 32 heavy (non-hydrogen) atoms. The average molecular weight is 574 g/mol. The molecule has 0 unspecified atom stereocenters. The van der Waals surface area contributed by atoms with Gasteiger partial charge in [-0.1, -0.05) is 6.07 Å². The molecule has 8 nitrogen and oxygen atoms in total. The Morgan fingerprint density at radius 3 is 2.56 bits per heavy atom. The SMILES string of the molecule is I.O=C(CN1CCN(C(=NCc2cccs2)NCCc2ccco2)CC1)N1CCOCC1. The molecule has 1 amide bonds. The molecule has 0 aromatic carbocycles. The van der Waals surface area contributed by atoms with Crippen molar-refractivity contribution in [3.05, 3.63) is 46.5 Å². The number of morpholine rings is 1. The predicted octanol–water partition coefficient (Wildman–Crippen LogP) is 2.12. The number of rotatable bonds is 7. The highest BCUT2D eigenvalue weighted by Crippen LogP contribution is 2.11. The van der Waals surface area contributed by atoms with Crippen LogP contribution in [0.3, 0.4) is 0 Å². The van der Waals surface area contributed by atoms with Gasteiger partial charge in [0.05, 0.1) is 32.6 Å². The summed E-state index contributed by atoms with van der Waals surface area (Å²) in [6.07, 6.45) is 2.53. The smallest absolute Gasteiger partial charge is 0.236 e. The van der Waals surface area contributed by atoms with Gasteiger partial charge in [0.2, 0.25) is 5.91 Å². The van der Waals surface area contributed by atoms with Crippen LogP contribution in [-0.2, 0) is 22.5 Å². The lowest BCUT2D eigenvalue weighted by Gasteiger charge is -2.37. The predicted molar refractivity (Wildman–Crippen MR) is 137 cm³/mol. The lowest BCUT2D eigenvalue weighted by Crippen LogP contribution is -2.55. The molecule has 0 aliphatic carbocycles. The number of hydrogen-bond donors (Lipinski definition) is 1. The summed E-state index contributed by atoms with van der Waals surface area (Å²) in [6.45, 7) is 8.06. The normalized spacial score (nSPS) is 17.8. The number of carbonyl (C=O) groups excluding carboxylic acids is 1. The van der Waals surface area contributed by atoms with Gasteiger partial charge >= 0.3 is 0 Å². The van der Waals surface area contributed by atoms with Gasteiger partial charge in [-0.2, -0.15) is 0 Å². The Bertz CT molecular complexity index is 817. The largest absolute Gasteiger partial charge is 0.469 e. The Hall–Kier alpha value is -1.63. The molecular formula is C22H32IN5O3S. The van der Waals surface area contributed by atoms with Crippen LogP contribution >= 0.6 is 35.3 Å². The van der Waals surface area contributed by atoms with Crippen molar-refractivity contribution in [1.29, 1.82) is 0 Å². The van der Waals surface area contributed by atoms with Crippen molar-refractivity contribution in [2.75, 3.05) is 65.6 Å². The van der Waals surface area contributed by atoms with E-state index in [1.807, 2.05) is 17.0 Å². The summed E-state index contributed by atoms with van der Waals surface area (Å²) in [5, 5.41) is 5.59. The second kappa shape index (κ2) is 13.2. The molecule has 0 bridgehead atoms. The molecule has 2 aliphatic heterocycles. The minimum absolute atomic E-state index is 0. The first-order valence-electron chi connectivity index (χ1n) is 10.9. The van der Waals surface area contributed by atoms with Crippen LogP contribution in [0.1, 0.15) is 10.6 Å². The van der Waals surface area contributed by atoms with E-state index in [9.17, 15) is 4.79 Å². The number of nitrogens with zero attached hydrogens (tertiary/aromatic N) is 4. The summed E-state index contributed by atoms with van der Waals surface area (Å²) in [7, 11) is 0. The number of carbonyl (C=O) groups is 1.